The molecule has 1 saturated carbocycles. The van der Waals surface area contributed by atoms with Crippen LogP contribution in [0.4, 0.5) is 4.39 Å². The van der Waals surface area contributed by atoms with E-state index in [0.29, 0.717) is 18.8 Å². The molecular weight excluding hydrogens is 441 g/mol. The van der Waals surface area contributed by atoms with Crippen LogP contribution in [0.3, 0.4) is 0 Å². The van der Waals surface area contributed by atoms with Gasteiger partial charge in [-0.1, -0.05) is 58.3 Å². The normalized spacial score (nSPS) is 17.6. The summed E-state index contributed by atoms with van der Waals surface area (Å²) < 4.78 is 19.1. The highest BCUT2D eigenvalue weighted by Gasteiger charge is 2.29. The molecule has 1 aliphatic carbocycles. The number of carbonyl (C=O) groups excluding carboxylic acids is 1. The van der Waals surface area contributed by atoms with Gasteiger partial charge in [-0.2, -0.15) is 15.5 Å². The van der Waals surface area contributed by atoms with Gasteiger partial charge in [0.1, 0.15) is 17.6 Å². The molecule has 0 atom stereocenters. The van der Waals surface area contributed by atoms with E-state index < -0.39 is 5.82 Å². The first-order valence-corrected chi connectivity index (χ1v) is 13.3. The Kier molecular flexibility index (Phi) is 11.1. The average Bonchev–Trinajstić information content (AvgIpc) is 2.88. The fourth-order valence-corrected chi connectivity index (χ4v) is 4.81. The summed E-state index contributed by atoms with van der Waals surface area (Å²) in [7, 11) is 0. The van der Waals surface area contributed by atoms with Crippen molar-refractivity contribution in [2.75, 3.05) is 0 Å². The molecule has 1 aliphatic rings. The third-order valence-corrected chi connectivity index (χ3v) is 7.04. The van der Waals surface area contributed by atoms with Crippen molar-refractivity contribution in [1.82, 2.24) is 10.2 Å². The van der Waals surface area contributed by atoms with Gasteiger partial charge in [0.25, 0.3) is 0 Å². The van der Waals surface area contributed by atoms with Crippen molar-refractivity contribution in [3.05, 3.63) is 53.1 Å². The molecule has 0 unspecified atom stereocenters. The van der Waals surface area contributed by atoms with Gasteiger partial charge in [-0.15, -0.1) is 0 Å². The number of hydrogen-bond acceptors (Lipinski definition) is 5. The first-order chi connectivity index (χ1) is 17.1. The number of nitrogens with zero attached hydrogens (tertiary/aromatic N) is 3. The van der Waals surface area contributed by atoms with E-state index in [1.54, 1.807) is 6.07 Å². The smallest absolute Gasteiger partial charge is 0.314 e. The number of aromatic nitrogens is 2. The Bertz CT molecular complexity index is 963. The van der Waals surface area contributed by atoms with Crippen LogP contribution in [-0.2, 0) is 11.2 Å². The molecule has 1 aromatic carbocycles. The van der Waals surface area contributed by atoms with E-state index in [2.05, 4.69) is 29.3 Å². The van der Waals surface area contributed by atoms with Crippen molar-refractivity contribution in [3.8, 4) is 11.8 Å². The van der Waals surface area contributed by atoms with Crippen LogP contribution < -0.4 is 4.74 Å². The zero-order valence-electron chi connectivity index (χ0n) is 21.0. The number of nitriles is 1. The average molecular weight is 480 g/mol. The van der Waals surface area contributed by atoms with Gasteiger partial charge in [0.15, 0.2) is 0 Å². The largest absolute Gasteiger partial charge is 0.426 e. The van der Waals surface area contributed by atoms with Crippen molar-refractivity contribution >= 4 is 5.97 Å². The minimum absolute atomic E-state index is 0.0643. The molecule has 1 aromatic heterocycles. The van der Waals surface area contributed by atoms with Crippen molar-refractivity contribution in [2.45, 2.75) is 103 Å². The lowest BCUT2D eigenvalue weighted by atomic mass is 9.80. The van der Waals surface area contributed by atoms with Gasteiger partial charge in [-0.25, -0.2) is 4.39 Å². The molecular formula is C29H38FN3O2. The fourth-order valence-electron chi connectivity index (χ4n) is 4.81. The number of hydrogen-bond donors (Lipinski definition) is 0. The molecule has 2 aromatic rings. The standard InChI is InChI=1S/C29H38FN3O2/c1-2-3-4-5-6-7-8-9-10-11-25-17-19-28(33-32-25)22-12-14-23(15-13-22)29(34)35-26-18-16-24(21-31)27(30)20-26/h16-20,22-23H,2-15H2,1H3. The zero-order valence-corrected chi connectivity index (χ0v) is 21.0. The molecule has 0 bridgehead atoms. The van der Waals surface area contributed by atoms with Crippen LogP contribution in [-0.4, -0.2) is 16.2 Å². The summed E-state index contributed by atoms with van der Waals surface area (Å²) in [5.41, 5.74) is 2.00. The van der Waals surface area contributed by atoms with E-state index in [0.717, 1.165) is 36.7 Å². The van der Waals surface area contributed by atoms with Gasteiger partial charge in [0.05, 0.1) is 22.9 Å². The first-order valence-electron chi connectivity index (χ1n) is 13.3. The van der Waals surface area contributed by atoms with E-state index in [1.807, 2.05) is 0 Å². The number of halogens is 1. The summed E-state index contributed by atoms with van der Waals surface area (Å²) in [4.78, 5) is 12.5. The predicted octanol–water partition coefficient (Wildman–Crippen LogP) is 7.44. The molecule has 188 valence electrons. The van der Waals surface area contributed by atoms with Crippen molar-refractivity contribution < 1.29 is 13.9 Å². The third kappa shape index (κ3) is 8.72. The molecule has 0 aliphatic heterocycles. The number of aryl methyl sites for hydroxylation is 1. The molecule has 6 heteroatoms. The summed E-state index contributed by atoms with van der Waals surface area (Å²) in [6.45, 7) is 2.25. The molecule has 5 nitrogen and oxygen atoms in total. The van der Waals surface area contributed by atoms with Crippen molar-refractivity contribution in [1.29, 1.82) is 5.26 Å². The van der Waals surface area contributed by atoms with Gasteiger partial charge in [0.2, 0.25) is 0 Å². The van der Waals surface area contributed by atoms with Crippen molar-refractivity contribution in [3.63, 3.8) is 0 Å². The lowest BCUT2D eigenvalue weighted by Crippen LogP contribution is -2.25. The highest BCUT2D eigenvalue weighted by Crippen LogP contribution is 2.35. The number of carbonyl (C=O) groups is 1. The molecule has 0 amide bonds. The van der Waals surface area contributed by atoms with E-state index in [4.69, 9.17) is 10.00 Å². The molecule has 0 saturated heterocycles. The number of unbranched alkanes of at least 4 members (excludes halogenated alkanes) is 8. The maximum absolute atomic E-state index is 13.7. The molecule has 1 heterocycles. The van der Waals surface area contributed by atoms with Crippen LogP contribution in [0.5, 0.6) is 5.75 Å². The minimum Gasteiger partial charge on any atom is -0.426 e. The Hall–Kier alpha value is -2.81. The highest BCUT2D eigenvalue weighted by atomic mass is 19.1. The lowest BCUT2D eigenvalue weighted by Gasteiger charge is -2.26. The van der Waals surface area contributed by atoms with Crippen LogP contribution in [0.2, 0.25) is 0 Å². The quantitative estimate of drug-likeness (QED) is 0.169. The lowest BCUT2D eigenvalue weighted by molar-refractivity contribution is -0.140. The van der Waals surface area contributed by atoms with Crippen LogP contribution >= 0.6 is 0 Å². The minimum atomic E-state index is -0.679. The Morgan fingerprint density at radius 3 is 2.26 bits per heavy atom. The number of esters is 1. The Labute approximate surface area is 209 Å². The van der Waals surface area contributed by atoms with Gasteiger partial charge in [-0.05, 0) is 62.8 Å². The van der Waals surface area contributed by atoms with Gasteiger partial charge >= 0.3 is 5.97 Å². The topological polar surface area (TPSA) is 75.9 Å². The van der Waals surface area contributed by atoms with E-state index in [1.165, 1.54) is 69.9 Å². The summed E-state index contributed by atoms with van der Waals surface area (Å²) in [6, 6.07) is 9.83. The van der Waals surface area contributed by atoms with E-state index >= 15 is 0 Å². The van der Waals surface area contributed by atoms with Crippen LogP contribution in [0.15, 0.2) is 30.3 Å². The fraction of sp³-hybridized carbons (Fsp3) is 0.586. The SMILES string of the molecule is CCCCCCCCCCCc1ccc(C2CCC(C(=O)Oc3ccc(C#N)c(F)c3)CC2)nn1. The summed E-state index contributed by atoms with van der Waals surface area (Å²) >= 11 is 0. The maximum Gasteiger partial charge on any atom is 0.314 e. The predicted molar refractivity (Wildman–Crippen MR) is 134 cm³/mol. The Balaban J connectivity index is 1.34. The van der Waals surface area contributed by atoms with Gasteiger partial charge in [0, 0.05) is 12.0 Å². The molecule has 0 spiro atoms. The second-order valence-electron chi connectivity index (χ2n) is 9.75. The second-order valence-corrected chi connectivity index (χ2v) is 9.75. The number of rotatable bonds is 13. The van der Waals surface area contributed by atoms with Gasteiger partial charge < -0.3 is 4.74 Å². The Morgan fingerprint density at radius 2 is 1.66 bits per heavy atom. The number of ether oxygens (including phenoxy) is 1. The molecule has 0 radical (unpaired) electrons. The maximum atomic E-state index is 13.7. The van der Waals surface area contributed by atoms with Crippen LogP contribution in [0.1, 0.15) is 113 Å². The first kappa shape index (κ1) is 26.8. The molecule has 35 heavy (non-hydrogen) atoms. The second kappa shape index (κ2) is 14.6. The van der Waals surface area contributed by atoms with Crippen LogP contribution in [0.25, 0.3) is 0 Å². The van der Waals surface area contributed by atoms with Crippen molar-refractivity contribution in [2.24, 2.45) is 5.92 Å². The van der Waals surface area contributed by atoms with Gasteiger partial charge in [-0.3, -0.25) is 4.79 Å². The third-order valence-electron chi connectivity index (χ3n) is 7.04. The van der Waals surface area contributed by atoms with Crippen LogP contribution in [0, 0.1) is 23.1 Å². The summed E-state index contributed by atoms with van der Waals surface area (Å²) in [5, 5.41) is 17.8. The molecule has 1 fully saturated rings. The summed E-state index contributed by atoms with van der Waals surface area (Å²) in [6.07, 6.45) is 16.0. The monoisotopic (exact) mass is 479 g/mol. The Morgan fingerprint density at radius 1 is 0.971 bits per heavy atom. The molecule has 0 N–H and O–H groups in total. The summed E-state index contributed by atoms with van der Waals surface area (Å²) in [5.74, 6) is -0.775. The highest BCUT2D eigenvalue weighted by molar-refractivity contribution is 5.75. The molecule has 3 rings (SSSR count). The number of benzene rings is 1. The van der Waals surface area contributed by atoms with E-state index in [-0.39, 0.29) is 23.2 Å². The van der Waals surface area contributed by atoms with E-state index in [9.17, 15) is 9.18 Å². The zero-order chi connectivity index (χ0) is 24.9.